The van der Waals surface area contributed by atoms with Gasteiger partial charge in [0.15, 0.2) is 11.5 Å². The summed E-state index contributed by atoms with van der Waals surface area (Å²) < 4.78 is 25.9. The number of imide groups is 1. The van der Waals surface area contributed by atoms with Gasteiger partial charge < -0.3 is 14.8 Å². The fourth-order valence-electron chi connectivity index (χ4n) is 3.57. The summed E-state index contributed by atoms with van der Waals surface area (Å²) in [5.41, 5.74) is 1.58. The molecule has 0 bridgehead atoms. The highest BCUT2D eigenvalue weighted by Crippen LogP contribution is 2.38. The standard InChI is InChI=1S/C27H19Cl3FIN2O5S/c1-2-38-22-8-14(7-21(32)25(22)39-13-15-3-4-16(28)10-18(15)29)9-23-26(36)34(27(37)40-23)12-24(35)33-17-5-6-20(31)19(30)11-17/h3-11H,2,12-13H2,1H3,(H,33,35)/b23-9+. The molecule has 208 valence electrons. The molecule has 1 saturated heterocycles. The maximum atomic E-state index is 13.4. The number of halogens is 5. The molecule has 3 amide bonds. The lowest BCUT2D eigenvalue weighted by Gasteiger charge is -2.15. The Kier molecular flexibility index (Phi) is 10.2. The van der Waals surface area contributed by atoms with Crippen molar-refractivity contribution in [3.63, 3.8) is 0 Å². The van der Waals surface area contributed by atoms with Crippen LogP contribution in [0.2, 0.25) is 15.1 Å². The number of nitrogens with zero attached hydrogens (tertiary/aromatic N) is 1. The van der Waals surface area contributed by atoms with Crippen molar-refractivity contribution in [1.29, 1.82) is 0 Å². The van der Waals surface area contributed by atoms with Crippen LogP contribution in [0.4, 0.5) is 14.9 Å². The second-order valence-corrected chi connectivity index (χ2v) is 11.6. The van der Waals surface area contributed by atoms with E-state index in [1.807, 2.05) is 6.92 Å². The zero-order valence-electron chi connectivity index (χ0n) is 20.6. The van der Waals surface area contributed by atoms with Crippen LogP contribution < -0.4 is 14.8 Å². The van der Waals surface area contributed by atoms with Gasteiger partial charge in [0.05, 0.1) is 20.1 Å². The van der Waals surface area contributed by atoms with Crippen molar-refractivity contribution in [2.24, 2.45) is 0 Å². The average molecular weight is 736 g/mol. The molecule has 4 rings (SSSR count). The first kappa shape index (κ1) is 30.4. The third-order valence-electron chi connectivity index (χ3n) is 5.40. The van der Waals surface area contributed by atoms with Gasteiger partial charge in [-0.1, -0.05) is 40.9 Å². The Balaban J connectivity index is 1.49. The molecule has 0 atom stereocenters. The molecule has 7 nitrogen and oxygen atoms in total. The van der Waals surface area contributed by atoms with E-state index >= 15 is 0 Å². The van der Waals surface area contributed by atoms with E-state index < -0.39 is 29.4 Å². The molecule has 1 aliphatic rings. The molecule has 1 heterocycles. The summed E-state index contributed by atoms with van der Waals surface area (Å²) in [6.45, 7) is 1.85. The number of anilines is 1. The van der Waals surface area contributed by atoms with Crippen LogP contribution in [0.15, 0.2) is 53.4 Å². The molecule has 0 aliphatic carbocycles. The number of rotatable bonds is 9. The lowest BCUT2D eigenvalue weighted by molar-refractivity contribution is -0.127. The predicted molar refractivity (Wildman–Crippen MR) is 164 cm³/mol. The van der Waals surface area contributed by atoms with E-state index in [0.29, 0.717) is 49.0 Å². The summed E-state index contributed by atoms with van der Waals surface area (Å²) in [5, 5.41) is 2.73. The Bertz CT molecular complexity index is 1540. The first-order valence-corrected chi connectivity index (χ1v) is 14.6. The summed E-state index contributed by atoms with van der Waals surface area (Å²) in [5.74, 6) is -0.948. The quantitative estimate of drug-likeness (QED) is 0.177. The number of carbonyl (C=O) groups excluding carboxylic acids is 3. The molecule has 0 saturated carbocycles. The molecule has 0 radical (unpaired) electrons. The molecule has 0 spiro atoms. The molecule has 1 N–H and O–H groups in total. The van der Waals surface area contributed by atoms with E-state index in [9.17, 15) is 18.8 Å². The largest absolute Gasteiger partial charge is 0.490 e. The van der Waals surface area contributed by atoms with Gasteiger partial charge in [0, 0.05) is 21.3 Å². The minimum Gasteiger partial charge on any atom is -0.490 e. The zero-order chi connectivity index (χ0) is 29.0. The van der Waals surface area contributed by atoms with Gasteiger partial charge in [0.2, 0.25) is 5.91 Å². The Morgan fingerprint density at radius 1 is 1.07 bits per heavy atom. The molecule has 3 aromatic carbocycles. The first-order chi connectivity index (χ1) is 19.0. The normalized spacial score (nSPS) is 14.2. The van der Waals surface area contributed by atoms with Gasteiger partial charge >= 0.3 is 0 Å². The van der Waals surface area contributed by atoms with Crippen molar-refractivity contribution >= 4 is 98.0 Å². The van der Waals surface area contributed by atoms with Crippen LogP contribution in [0.5, 0.6) is 11.5 Å². The molecule has 0 unspecified atom stereocenters. The first-order valence-electron chi connectivity index (χ1n) is 11.6. The number of amides is 3. The monoisotopic (exact) mass is 734 g/mol. The highest BCUT2D eigenvalue weighted by atomic mass is 127. The maximum absolute atomic E-state index is 13.4. The molecule has 1 fully saturated rings. The number of carbonyl (C=O) groups is 3. The zero-order valence-corrected chi connectivity index (χ0v) is 25.8. The third-order valence-corrected chi connectivity index (χ3v) is 7.98. The van der Waals surface area contributed by atoms with Gasteiger partial charge in [-0.25, -0.2) is 4.39 Å². The highest BCUT2D eigenvalue weighted by Gasteiger charge is 2.36. The molecular weight excluding hydrogens is 717 g/mol. The Morgan fingerprint density at radius 3 is 2.55 bits per heavy atom. The SMILES string of the molecule is CCOc1cc(/C=C2/SC(=O)N(CC(=O)Nc3ccc(F)c(Cl)c3)C2=O)cc(I)c1OCc1ccc(Cl)cc1Cl. The highest BCUT2D eigenvalue weighted by molar-refractivity contribution is 14.1. The lowest BCUT2D eigenvalue weighted by atomic mass is 10.1. The van der Waals surface area contributed by atoms with Crippen molar-refractivity contribution in [3.8, 4) is 11.5 Å². The van der Waals surface area contributed by atoms with Gasteiger partial charge in [-0.15, -0.1) is 0 Å². The van der Waals surface area contributed by atoms with Gasteiger partial charge in [-0.2, -0.15) is 0 Å². The van der Waals surface area contributed by atoms with Crippen LogP contribution in [0.1, 0.15) is 18.1 Å². The van der Waals surface area contributed by atoms with Crippen LogP contribution >= 0.6 is 69.2 Å². The van der Waals surface area contributed by atoms with Gasteiger partial charge in [0.25, 0.3) is 11.1 Å². The Hall–Kier alpha value is -2.51. The van der Waals surface area contributed by atoms with Crippen LogP contribution in [-0.4, -0.2) is 35.1 Å². The average Bonchev–Trinajstić information content (AvgIpc) is 3.14. The smallest absolute Gasteiger partial charge is 0.294 e. The Morgan fingerprint density at radius 2 is 1.85 bits per heavy atom. The van der Waals surface area contributed by atoms with Crippen molar-refractivity contribution < 1.29 is 28.2 Å². The lowest BCUT2D eigenvalue weighted by Crippen LogP contribution is -2.36. The minimum absolute atomic E-state index is 0.141. The van der Waals surface area contributed by atoms with E-state index in [1.54, 1.807) is 36.4 Å². The summed E-state index contributed by atoms with van der Waals surface area (Å²) in [6.07, 6.45) is 1.55. The fraction of sp³-hybridized carbons (Fsp3) is 0.148. The van der Waals surface area contributed by atoms with E-state index in [-0.39, 0.29) is 22.2 Å². The number of ether oxygens (including phenoxy) is 2. The van der Waals surface area contributed by atoms with Crippen molar-refractivity contribution in [2.45, 2.75) is 13.5 Å². The predicted octanol–water partition coefficient (Wildman–Crippen LogP) is 8.04. The number of hydrogen-bond acceptors (Lipinski definition) is 6. The van der Waals surface area contributed by atoms with Crippen molar-refractivity contribution in [2.75, 3.05) is 18.5 Å². The molecular formula is C27H19Cl3FIN2O5S. The second-order valence-electron chi connectivity index (χ2n) is 8.23. The van der Waals surface area contributed by atoms with Crippen LogP contribution in [-0.2, 0) is 16.2 Å². The number of benzene rings is 3. The van der Waals surface area contributed by atoms with Gasteiger partial charge in [-0.3, -0.25) is 19.3 Å². The maximum Gasteiger partial charge on any atom is 0.294 e. The Labute approximate surface area is 262 Å². The summed E-state index contributed by atoms with van der Waals surface area (Å²) in [4.78, 5) is 38.9. The van der Waals surface area contributed by atoms with Crippen molar-refractivity contribution in [1.82, 2.24) is 4.90 Å². The van der Waals surface area contributed by atoms with Crippen LogP contribution in [0.25, 0.3) is 6.08 Å². The van der Waals surface area contributed by atoms with E-state index in [4.69, 9.17) is 44.3 Å². The number of hydrogen-bond donors (Lipinski definition) is 1. The molecule has 0 aromatic heterocycles. The van der Waals surface area contributed by atoms with Crippen LogP contribution in [0, 0.1) is 9.39 Å². The van der Waals surface area contributed by atoms with Crippen LogP contribution in [0.3, 0.4) is 0 Å². The molecule has 1 aliphatic heterocycles. The van der Waals surface area contributed by atoms with E-state index in [1.165, 1.54) is 12.1 Å². The molecule has 40 heavy (non-hydrogen) atoms. The number of nitrogens with one attached hydrogen (secondary N) is 1. The van der Waals surface area contributed by atoms with E-state index in [0.717, 1.165) is 16.5 Å². The van der Waals surface area contributed by atoms with Gasteiger partial charge in [-0.05, 0) is 95.4 Å². The summed E-state index contributed by atoms with van der Waals surface area (Å²) >= 11 is 20.8. The van der Waals surface area contributed by atoms with Gasteiger partial charge in [0.1, 0.15) is 19.0 Å². The number of thioether (sulfide) groups is 1. The van der Waals surface area contributed by atoms with Crippen molar-refractivity contribution in [3.05, 3.63) is 89.0 Å². The topological polar surface area (TPSA) is 84.9 Å². The fourth-order valence-corrected chi connectivity index (χ4v) is 5.83. The summed E-state index contributed by atoms with van der Waals surface area (Å²) in [6, 6.07) is 12.3. The summed E-state index contributed by atoms with van der Waals surface area (Å²) in [7, 11) is 0. The molecule has 13 heteroatoms. The molecule has 3 aromatic rings. The minimum atomic E-state index is -0.637. The second kappa shape index (κ2) is 13.4. The van der Waals surface area contributed by atoms with E-state index in [2.05, 4.69) is 27.9 Å². The third kappa shape index (κ3) is 7.41.